The third-order valence-electron chi connectivity index (χ3n) is 5.39. The summed E-state index contributed by atoms with van der Waals surface area (Å²) in [5, 5.41) is 14.8. The van der Waals surface area contributed by atoms with Gasteiger partial charge >= 0.3 is 0 Å². The van der Waals surface area contributed by atoms with Gasteiger partial charge in [-0.2, -0.15) is 4.68 Å². The van der Waals surface area contributed by atoms with Crippen LogP contribution in [0.3, 0.4) is 0 Å². The van der Waals surface area contributed by atoms with Gasteiger partial charge in [0.2, 0.25) is 0 Å². The molecule has 0 fully saturated rings. The Labute approximate surface area is 177 Å². The molecule has 158 valence electrons. The summed E-state index contributed by atoms with van der Waals surface area (Å²) >= 11 is 0. The fraction of sp³-hybridized carbons (Fsp3) is 0.273. The number of nitrogens with one attached hydrogen (secondary N) is 1. The molecule has 31 heavy (non-hydrogen) atoms. The van der Waals surface area contributed by atoms with Crippen molar-refractivity contribution in [1.82, 2.24) is 20.2 Å². The average molecular weight is 421 g/mol. The molecule has 4 aromatic rings. The van der Waals surface area contributed by atoms with Crippen molar-refractivity contribution in [3.05, 3.63) is 59.4 Å². The van der Waals surface area contributed by atoms with E-state index in [1.807, 2.05) is 12.1 Å². The molecule has 0 radical (unpaired) electrons. The number of ether oxygens (including phenoxy) is 1. The van der Waals surface area contributed by atoms with Crippen LogP contribution < -0.4 is 10.1 Å². The van der Waals surface area contributed by atoms with Crippen LogP contribution >= 0.6 is 0 Å². The molecule has 0 saturated carbocycles. The highest BCUT2D eigenvalue weighted by Gasteiger charge is 2.18. The Hall–Kier alpha value is -3.75. The molecule has 0 saturated heterocycles. The summed E-state index contributed by atoms with van der Waals surface area (Å²) < 4.78 is 27.2. The minimum absolute atomic E-state index is 0.0281. The van der Waals surface area contributed by atoms with Gasteiger partial charge in [0.25, 0.3) is 5.91 Å². The number of carbonyl (C=O) groups excluding carboxylic acids is 1. The van der Waals surface area contributed by atoms with Crippen LogP contribution in [0, 0.1) is 12.7 Å². The zero-order valence-electron chi connectivity index (χ0n) is 16.9. The van der Waals surface area contributed by atoms with E-state index in [1.165, 1.54) is 28.4 Å². The van der Waals surface area contributed by atoms with Gasteiger partial charge in [-0.25, -0.2) is 4.39 Å². The van der Waals surface area contributed by atoms with Gasteiger partial charge in [0.1, 0.15) is 22.9 Å². The smallest absolute Gasteiger partial charge is 0.262 e. The number of nitrogens with zero attached hydrogens (tertiary/aromatic N) is 4. The zero-order chi connectivity index (χ0) is 21.4. The van der Waals surface area contributed by atoms with Gasteiger partial charge in [-0.1, -0.05) is 0 Å². The van der Waals surface area contributed by atoms with Crippen LogP contribution in [0.2, 0.25) is 0 Å². The first-order valence-corrected chi connectivity index (χ1v) is 10.1. The van der Waals surface area contributed by atoms with Gasteiger partial charge in [0.05, 0.1) is 11.4 Å². The number of aryl methyl sites for hydroxylation is 3. The SMILES string of the molecule is Cc1nnnn1-c1ccc(F)c(NC(=O)COc2ccc3oc4c(c3c2)CCCC4)c1. The third kappa shape index (κ3) is 3.74. The van der Waals surface area contributed by atoms with E-state index in [9.17, 15) is 9.18 Å². The number of benzene rings is 2. The fourth-order valence-corrected chi connectivity index (χ4v) is 3.88. The normalized spacial score (nSPS) is 13.2. The van der Waals surface area contributed by atoms with Crippen molar-refractivity contribution in [2.45, 2.75) is 32.6 Å². The van der Waals surface area contributed by atoms with Gasteiger partial charge in [-0.15, -0.1) is 5.10 Å². The molecule has 1 amide bonds. The van der Waals surface area contributed by atoms with Crippen molar-refractivity contribution in [3.8, 4) is 11.4 Å². The van der Waals surface area contributed by atoms with E-state index in [0.29, 0.717) is 17.3 Å². The predicted octanol–water partition coefficient (Wildman–Crippen LogP) is 3.75. The number of tetrazole rings is 1. The number of furan rings is 1. The molecule has 2 heterocycles. The summed E-state index contributed by atoms with van der Waals surface area (Å²) in [6.45, 7) is 1.47. The molecular weight excluding hydrogens is 401 g/mol. The van der Waals surface area contributed by atoms with Gasteiger partial charge in [-0.3, -0.25) is 4.79 Å². The van der Waals surface area contributed by atoms with Crippen LogP contribution in [0.5, 0.6) is 5.75 Å². The van der Waals surface area contributed by atoms with Crippen LogP contribution in [-0.2, 0) is 17.6 Å². The molecule has 2 aromatic heterocycles. The fourth-order valence-electron chi connectivity index (χ4n) is 3.88. The van der Waals surface area contributed by atoms with Crippen molar-refractivity contribution in [3.63, 3.8) is 0 Å². The highest BCUT2D eigenvalue weighted by molar-refractivity contribution is 5.92. The second kappa shape index (κ2) is 7.82. The van der Waals surface area contributed by atoms with Crippen LogP contribution in [0.1, 0.15) is 30.0 Å². The Bertz CT molecular complexity index is 1280. The molecule has 9 heteroatoms. The van der Waals surface area contributed by atoms with Gasteiger partial charge in [0, 0.05) is 17.4 Å². The van der Waals surface area contributed by atoms with Crippen LogP contribution in [0.15, 0.2) is 40.8 Å². The summed E-state index contributed by atoms with van der Waals surface area (Å²) in [6, 6.07) is 9.79. The first-order valence-electron chi connectivity index (χ1n) is 10.1. The molecule has 8 nitrogen and oxygen atoms in total. The number of fused-ring (bicyclic) bond motifs is 3. The van der Waals surface area contributed by atoms with Crippen molar-refractivity contribution in [2.24, 2.45) is 0 Å². The molecule has 1 aliphatic rings. The van der Waals surface area contributed by atoms with Crippen molar-refractivity contribution in [1.29, 1.82) is 0 Å². The summed E-state index contributed by atoms with van der Waals surface area (Å²) in [7, 11) is 0. The molecule has 2 aromatic carbocycles. The van der Waals surface area contributed by atoms with Crippen LogP contribution in [-0.4, -0.2) is 32.7 Å². The number of hydrogen-bond donors (Lipinski definition) is 1. The Morgan fingerprint density at radius 2 is 2.10 bits per heavy atom. The monoisotopic (exact) mass is 421 g/mol. The summed E-state index contributed by atoms with van der Waals surface area (Å²) in [5.74, 6) is 1.12. The largest absolute Gasteiger partial charge is 0.484 e. The molecule has 0 atom stereocenters. The topological polar surface area (TPSA) is 95.1 Å². The van der Waals surface area contributed by atoms with E-state index in [0.717, 1.165) is 42.4 Å². The molecule has 1 aliphatic carbocycles. The van der Waals surface area contributed by atoms with E-state index in [2.05, 4.69) is 20.8 Å². The number of anilines is 1. The zero-order valence-corrected chi connectivity index (χ0v) is 16.9. The molecule has 5 rings (SSSR count). The van der Waals surface area contributed by atoms with Crippen molar-refractivity contribution >= 4 is 22.6 Å². The molecular formula is C22H20FN5O3. The van der Waals surface area contributed by atoms with Crippen molar-refractivity contribution in [2.75, 3.05) is 11.9 Å². The Balaban J connectivity index is 1.29. The summed E-state index contributed by atoms with van der Waals surface area (Å²) in [4.78, 5) is 12.4. The number of hydrogen-bond acceptors (Lipinski definition) is 6. The van der Waals surface area contributed by atoms with Crippen LogP contribution in [0.25, 0.3) is 16.7 Å². The minimum Gasteiger partial charge on any atom is -0.484 e. The van der Waals surface area contributed by atoms with E-state index in [1.54, 1.807) is 13.0 Å². The van der Waals surface area contributed by atoms with Gasteiger partial charge in [-0.05, 0) is 73.0 Å². The van der Waals surface area contributed by atoms with Gasteiger partial charge in [0.15, 0.2) is 12.4 Å². The second-order valence-electron chi connectivity index (χ2n) is 7.51. The highest BCUT2D eigenvalue weighted by Crippen LogP contribution is 2.34. The average Bonchev–Trinajstić information content (AvgIpc) is 3.37. The molecule has 0 aliphatic heterocycles. The molecule has 0 spiro atoms. The number of aromatic nitrogens is 4. The molecule has 1 N–H and O–H groups in total. The van der Waals surface area contributed by atoms with E-state index in [4.69, 9.17) is 9.15 Å². The number of carbonyl (C=O) groups is 1. The van der Waals surface area contributed by atoms with E-state index < -0.39 is 11.7 Å². The molecule has 0 unspecified atom stereocenters. The second-order valence-corrected chi connectivity index (χ2v) is 7.51. The van der Waals surface area contributed by atoms with Crippen molar-refractivity contribution < 1.29 is 18.3 Å². The number of rotatable bonds is 5. The lowest BCUT2D eigenvalue weighted by molar-refractivity contribution is -0.118. The Morgan fingerprint density at radius 3 is 2.94 bits per heavy atom. The highest BCUT2D eigenvalue weighted by atomic mass is 19.1. The maximum Gasteiger partial charge on any atom is 0.262 e. The van der Waals surface area contributed by atoms with Crippen LogP contribution in [0.4, 0.5) is 10.1 Å². The third-order valence-corrected chi connectivity index (χ3v) is 5.39. The number of halogens is 1. The Kier molecular flexibility index (Phi) is 4.85. The van der Waals surface area contributed by atoms with E-state index >= 15 is 0 Å². The minimum atomic E-state index is -0.561. The predicted molar refractivity (Wildman–Crippen MR) is 111 cm³/mol. The lowest BCUT2D eigenvalue weighted by Crippen LogP contribution is -2.21. The Morgan fingerprint density at radius 1 is 1.23 bits per heavy atom. The lowest BCUT2D eigenvalue weighted by atomic mass is 9.96. The first-order chi connectivity index (χ1) is 15.1. The summed E-state index contributed by atoms with van der Waals surface area (Å²) in [6.07, 6.45) is 4.23. The molecule has 0 bridgehead atoms. The quantitative estimate of drug-likeness (QED) is 0.527. The maximum absolute atomic E-state index is 14.2. The summed E-state index contributed by atoms with van der Waals surface area (Å²) in [5.41, 5.74) is 2.63. The number of amides is 1. The standard InChI is InChI=1S/C22H20FN5O3/c1-13-25-26-27-28(13)14-6-8-18(23)19(10-14)24-22(29)12-30-15-7-9-21-17(11-15)16-4-2-3-5-20(16)31-21/h6-11H,2-5,12H2,1H3,(H,24,29). The van der Waals surface area contributed by atoms with E-state index in [-0.39, 0.29) is 12.3 Å². The first kappa shape index (κ1) is 19.2. The van der Waals surface area contributed by atoms with Gasteiger partial charge < -0.3 is 14.5 Å². The lowest BCUT2D eigenvalue weighted by Gasteiger charge is -2.11. The maximum atomic E-state index is 14.2.